The third-order valence-electron chi connectivity index (χ3n) is 3.19. The van der Waals surface area contributed by atoms with Crippen LogP contribution in [0.5, 0.6) is 0 Å². The monoisotopic (exact) mass is 251 g/mol. The van der Waals surface area contributed by atoms with Gasteiger partial charge in [0, 0.05) is 17.8 Å². The van der Waals surface area contributed by atoms with E-state index in [4.69, 9.17) is 0 Å². The minimum Gasteiger partial charge on any atom is -0.312 e. The fourth-order valence-electron chi connectivity index (χ4n) is 1.88. The number of rotatable bonds is 6. The molecule has 0 saturated heterocycles. The first-order valence-electron chi connectivity index (χ1n) is 7.11. The van der Waals surface area contributed by atoms with E-state index in [1.54, 1.807) is 0 Å². The molecule has 3 nitrogen and oxygen atoms in total. The van der Waals surface area contributed by atoms with Crippen molar-refractivity contribution < 1.29 is 0 Å². The van der Waals surface area contributed by atoms with Crippen molar-refractivity contribution in [2.45, 2.75) is 66.0 Å². The molecule has 104 valence electrons. The molecule has 3 heteroatoms. The second kappa shape index (κ2) is 6.37. The van der Waals surface area contributed by atoms with Crippen molar-refractivity contribution >= 4 is 0 Å². The Balaban J connectivity index is 2.51. The summed E-state index contributed by atoms with van der Waals surface area (Å²) in [4.78, 5) is 0. The van der Waals surface area contributed by atoms with Crippen molar-refractivity contribution in [1.82, 2.24) is 15.1 Å². The first-order chi connectivity index (χ1) is 8.31. The molecule has 1 aromatic heterocycles. The van der Waals surface area contributed by atoms with E-state index in [9.17, 15) is 0 Å². The lowest BCUT2D eigenvalue weighted by Gasteiger charge is -2.24. The molecular formula is C15H29N3. The van der Waals surface area contributed by atoms with E-state index in [2.05, 4.69) is 64.2 Å². The predicted octanol–water partition coefficient (Wildman–Crippen LogP) is 3.42. The molecule has 0 saturated carbocycles. The molecule has 0 aliphatic carbocycles. The Labute approximate surface area is 112 Å². The van der Waals surface area contributed by atoms with Crippen molar-refractivity contribution in [3.63, 3.8) is 0 Å². The van der Waals surface area contributed by atoms with Gasteiger partial charge in [-0.2, -0.15) is 5.10 Å². The zero-order valence-electron chi connectivity index (χ0n) is 12.8. The van der Waals surface area contributed by atoms with Crippen LogP contribution in [0.3, 0.4) is 0 Å². The average molecular weight is 251 g/mol. The standard InChI is InChI=1S/C15H29N3/c1-7-13(11-16-15(4,5)6)10-14-8-9-18(17-14)12(2)3/h8-9,12-13,16H,7,10-11H2,1-6H3. The van der Waals surface area contributed by atoms with Crippen LogP contribution in [-0.2, 0) is 6.42 Å². The summed E-state index contributed by atoms with van der Waals surface area (Å²) in [7, 11) is 0. The first kappa shape index (κ1) is 15.2. The SMILES string of the molecule is CCC(CNC(C)(C)C)Cc1ccn(C(C)C)n1. The summed E-state index contributed by atoms with van der Waals surface area (Å²) >= 11 is 0. The lowest BCUT2D eigenvalue weighted by molar-refractivity contribution is 0.360. The Morgan fingerprint density at radius 1 is 1.33 bits per heavy atom. The van der Waals surface area contributed by atoms with E-state index in [0.717, 1.165) is 13.0 Å². The van der Waals surface area contributed by atoms with Gasteiger partial charge in [-0.15, -0.1) is 0 Å². The van der Waals surface area contributed by atoms with Crippen LogP contribution in [0.2, 0.25) is 0 Å². The van der Waals surface area contributed by atoms with Gasteiger partial charge in [-0.25, -0.2) is 0 Å². The van der Waals surface area contributed by atoms with E-state index in [0.29, 0.717) is 12.0 Å². The van der Waals surface area contributed by atoms with E-state index in [-0.39, 0.29) is 5.54 Å². The molecule has 1 N–H and O–H groups in total. The fraction of sp³-hybridized carbons (Fsp3) is 0.800. The molecule has 0 spiro atoms. The second-order valence-electron chi connectivity index (χ2n) is 6.49. The Bertz CT molecular complexity index is 347. The summed E-state index contributed by atoms with van der Waals surface area (Å²) in [6, 6.07) is 2.60. The van der Waals surface area contributed by atoms with Gasteiger partial charge >= 0.3 is 0 Å². The molecule has 0 fully saturated rings. The van der Waals surface area contributed by atoms with E-state index < -0.39 is 0 Å². The largest absolute Gasteiger partial charge is 0.312 e. The highest BCUT2D eigenvalue weighted by Crippen LogP contribution is 2.13. The zero-order valence-corrected chi connectivity index (χ0v) is 12.8. The molecule has 1 heterocycles. The van der Waals surface area contributed by atoms with Crippen molar-refractivity contribution in [1.29, 1.82) is 0 Å². The topological polar surface area (TPSA) is 29.9 Å². The summed E-state index contributed by atoms with van der Waals surface area (Å²) < 4.78 is 2.04. The smallest absolute Gasteiger partial charge is 0.0627 e. The number of nitrogens with one attached hydrogen (secondary N) is 1. The number of hydrogen-bond donors (Lipinski definition) is 1. The van der Waals surface area contributed by atoms with Crippen LogP contribution in [0, 0.1) is 5.92 Å². The minimum atomic E-state index is 0.199. The third-order valence-corrected chi connectivity index (χ3v) is 3.19. The van der Waals surface area contributed by atoms with Gasteiger partial charge in [0.05, 0.1) is 5.69 Å². The minimum absolute atomic E-state index is 0.199. The maximum atomic E-state index is 4.63. The van der Waals surface area contributed by atoms with Crippen molar-refractivity contribution in [2.24, 2.45) is 5.92 Å². The Morgan fingerprint density at radius 2 is 2.00 bits per heavy atom. The van der Waals surface area contributed by atoms with E-state index in [1.165, 1.54) is 12.1 Å². The van der Waals surface area contributed by atoms with Crippen LogP contribution in [0.4, 0.5) is 0 Å². The van der Waals surface area contributed by atoms with Gasteiger partial charge in [-0.3, -0.25) is 4.68 Å². The van der Waals surface area contributed by atoms with Gasteiger partial charge in [0.2, 0.25) is 0 Å². The lowest BCUT2D eigenvalue weighted by atomic mass is 9.98. The molecule has 0 aliphatic rings. The normalized spacial score (nSPS) is 14.2. The summed E-state index contributed by atoms with van der Waals surface area (Å²) in [6.45, 7) is 14.3. The van der Waals surface area contributed by atoms with Crippen LogP contribution in [-0.4, -0.2) is 21.9 Å². The van der Waals surface area contributed by atoms with Gasteiger partial charge in [0.25, 0.3) is 0 Å². The van der Waals surface area contributed by atoms with E-state index in [1.807, 2.05) is 4.68 Å². The molecule has 0 bridgehead atoms. The summed E-state index contributed by atoms with van der Waals surface area (Å²) in [5.74, 6) is 0.666. The molecule has 1 rings (SSSR count). The summed E-state index contributed by atoms with van der Waals surface area (Å²) in [5, 5.41) is 8.22. The maximum Gasteiger partial charge on any atom is 0.0627 e. The molecule has 0 amide bonds. The molecule has 0 aromatic carbocycles. The molecule has 18 heavy (non-hydrogen) atoms. The van der Waals surface area contributed by atoms with Crippen LogP contribution >= 0.6 is 0 Å². The second-order valence-corrected chi connectivity index (χ2v) is 6.49. The highest BCUT2D eigenvalue weighted by Gasteiger charge is 2.14. The summed E-state index contributed by atoms with van der Waals surface area (Å²) in [5.41, 5.74) is 1.41. The van der Waals surface area contributed by atoms with Gasteiger partial charge in [-0.05, 0) is 59.6 Å². The van der Waals surface area contributed by atoms with Crippen molar-refractivity contribution in [3.05, 3.63) is 18.0 Å². The van der Waals surface area contributed by atoms with Crippen molar-refractivity contribution in [3.8, 4) is 0 Å². The Kier molecular flexibility index (Phi) is 5.39. The molecule has 1 atom stereocenters. The van der Waals surface area contributed by atoms with Gasteiger partial charge in [0.15, 0.2) is 0 Å². The zero-order chi connectivity index (χ0) is 13.8. The molecule has 0 radical (unpaired) electrons. The lowest BCUT2D eigenvalue weighted by Crippen LogP contribution is -2.39. The Morgan fingerprint density at radius 3 is 2.44 bits per heavy atom. The predicted molar refractivity (Wildman–Crippen MR) is 77.9 cm³/mol. The van der Waals surface area contributed by atoms with Crippen LogP contribution < -0.4 is 5.32 Å². The Hall–Kier alpha value is -0.830. The highest BCUT2D eigenvalue weighted by atomic mass is 15.3. The quantitative estimate of drug-likeness (QED) is 0.839. The number of aromatic nitrogens is 2. The molecule has 0 aliphatic heterocycles. The fourth-order valence-corrected chi connectivity index (χ4v) is 1.88. The average Bonchev–Trinajstić information content (AvgIpc) is 2.71. The first-order valence-corrected chi connectivity index (χ1v) is 7.11. The van der Waals surface area contributed by atoms with Gasteiger partial charge in [-0.1, -0.05) is 13.3 Å². The van der Waals surface area contributed by atoms with Gasteiger partial charge < -0.3 is 5.32 Å². The maximum absolute atomic E-state index is 4.63. The molecule has 1 aromatic rings. The van der Waals surface area contributed by atoms with Crippen LogP contribution in [0.15, 0.2) is 12.3 Å². The molecule has 1 unspecified atom stereocenters. The summed E-state index contributed by atoms with van der Waals surface area (Å²) in [6.07, 6.45) is 4.35. The highest BCUT2D eigenvalue weighted by molar-refractivity contribution is 5.01. The molecular weight excluding hydrogens is 222 g/mol. The van der Waals surface area contributed by atoms with Crippen LogP contribution in [0.1, 0.15) is 59.7 Å². The third kappa shape index (κ3) is 5.21. The number of nitrogens with zero attached hydrogens (tertiary/aromatic N) is 2. The van der Waals surface area contributed by atoms with E-state index >= 15 is 0 Å². The van der Waals surface area contributed by atoms with Gasteiger partial charge in [0.1, 0.15) is 0 Å². The van der Waals surface area contributed by atoms with Crippen LogP contribution in [0.25, 0.3) is 0 Å². The van der Waals surface area contributed by atoms with Crippen molar-refractivity contribution in [2.75, 3.05) is 6.54 Å². The number of hydrogen-bond acceptors (Lipinski definition) is 2.